The van der Waals surface area contributed by atoms with Gasteiger partial charge in [0, 0.05) is 43.9 Å². The van der Waals surface area contributed by atoms with Crippen LogP contribution in [0.2, 0.25) is 0 Å². The summed E-state index contributed by atoms with van der Waals surface area (Å²) in [5, 5.41) is 6.17. The predicted octanol–water partition coefficient (Wildman–Crippen LogP) is 3.51. The van der Waals surface area contributed by atoms with E-state index in [2.05, 4.69) is 27.7 Å². The van der Waals surface area contributed by atoms with Crippen LogP contribution in [0.5, 0.6) is 0 Å². The minimum absolute atomic E-state index is 0. The molecule has 1 aromatic rings. The molecular weight excluding hydrogens is 368 g/mol. The summed E-state index contributed by atoms with van der Waals surface area (Å²) in [4.78, 5) is 29.2. The second-order valence-electron chi connectivity index (χ2n) is 8.86. The van der Waals surface area contributed by atoms with Crippen LogP contribution in [0.3, 0.4) is 0 Å². The average molecular weight is 401 g/mol. The van der Waals surface area contributed by atoms with E-state index in [0.717, 1.165) is 57.3 Å². The van der Waals surface area contributed by atoms with E-state index in [9.17, 15) is 9.59 Å². The fourth-order valence-corrected chi connectivity index (χ4v) is 6.06. The zero-order chi connectivity index (χ0) is 20.0. The number of para-hydroxylation sites is 1. The molecule has 0 aromatic heterocycles. The van der Waals surface area contributed by atoms with Gasteiger partial charge in [-0.25, -0.2) is 9.59 Å². The summed E-state index contributed by atoms with van der Waals surface area (Å²) < 4.78 is 5.29. The zero-order valence-corrected chi connectivity index (χ0v) is 17.0. The summed E-state index contributed by atoms with van der Waals surface area (Å²) in [5.41, 5.74) is 1.88. The van der Waals surface area contributed by atoms with Gasteiger partial charge >= 0.3 is 12.1 Å². The number of anilines is 1. The molecule has 7 nitrogen and oxygen atoms in total. The maximum Gasteiger partial charge on any atom is 0.410 e. The molecular formula is C22H32N4O3. The van der Waals surface area contributed by atoms with Crippen molar-refractivity contribution in [1.82, 2.24) is 15.1 Å². The Hall–Kier alpha value is -2.28. The van der Waals surface area contributed by atoms with E-state index < -0.39 is 0 Å². The highest BCUT2D eigenvalue weighted by Crippen LogP contribution is 2.43. The van der Waals surface area contributed by atoms with Crippen molar-refractivity contribution in [2.75, 3.05) is 25.0 Å². The van der Waals surface area contributed by atoms with Crippen molar-refractivity contribution >= 4 is 17.8 Å². The lowest BCUT2D eigenvalue weighted by Crippen LogP contribution is -2.59. The molecule has 2 N–H and O–H groups in total. The first kappa shape index (κ1) is 18.7. The summed E-state index contributed by atoms with van der Waals surface area (Å²) in [6.07, 6.45) is 5.96. The van der Waals surface area contributed by atoms with Crippen LogP contribution < -0.4 is 10.6 Å². The van der Waals surface area contributed by atoms with Crippen LogP contribution in [0.25, 0.3) is 0 Å². The lowest BCUT2D eigenvalue weighted by atomic mass is 9.78. The van der Waals surface area contributed by atoms with Crippen molar-refractivity contribution in [3.05, 3.63) is 29.8 Å². The summed E-state index contributed by atoms with van der Waals surface area (Å²) in [5.74, 6) is 0. The molecule has 4 aliphatic heterocycles. The van der Waals surface area contributed by atoms with E-state index in [1.54, 1.807) is 0 Å². The summed E-state index contributed by atoms with van der Waals surface area (Å²) in [6.45, 7) is 4.25. The highest BCUT2D eigenvalue weighted by molar-refractivity contribution is 5.93. The third kappa shape index (κ3) is 3.16. The number of carbonyl (C=O) groups is 2. The van der Waals surface area contributed by atoms with Crippen LogP contribution in [0, 0.1) is 0 Å². The lowest BCUT2D eigenvalue weighted by molar-refractivity contribution is 0.0247. The molecule has 1 spiro atoms. The Balaban J connectivity index is 0.00000218. The predicted molar refractivity (Wildman–Crippen MR) is 112 cm³/mol. The topological polar surface area (TPSA) is 73.9 Å². The first-order chi connectivity index (χ1) is 14.1. The number of nitrogens with zero attached hydrogens (tertiary/aromatic N) is 2. The van der Waals surface area contributed by atoms with Crippen molar-refractivity contribution in [2.45, 2.75) is 69.1 Å². The van der Waals surface area contributed by atoms with Crippen LogP contribution in [0.4, 0.5) is 15.3 Å². The van der Waals surface area contributed by atoms with Crippen molar-refractivity contribution in [2.24, 2.45) is 0 Å². The Morgan fingerprint density at radius 2 is 1.86 bits per heavy atom. The van der Waals surface area contributed by atoms with Crippen LogP contribution in [-0.4, -0.2) is 59.7 Å². The summed E-state index contributed by atoms with van der Waals surface area (Å²) >= 11 is 0. The van der Waals surface area contributed by atoms with Gasteiger partial charge in [0.15, 0.2) is 0 Å². The van der Waals surface area contributed by atoms with Gasteiger partial charge in [0.25, 0.3) is 0 Å². The Kier molecular flexibility index (Phi) is 4.65. The SMILES string of the molecule is CCOC(=O)N1C2CCC1CC(N1CCC3(CC1)NC(=O)Nc1ccccc13)C2.[HH]. The standard InChI is InChI=1S/C22H30N4O3.H2/c1-2-29-21(28)26-15-7-8-16(26)14-17(13-15)25-11-9-22(10-12-25)18-5-3-4-6-19(18)23-20(27)24-22;/h3-6,15-17H,2,7-14H2,1H3,(H2,23,24,27);1H. The molecule has 5 rings (SSSR count). The van der Waals surface area contributed by atoms with Crippen molar-refractivity contribution in [1.29, 1.82) is 0 Å². The van der Waals surface area contributed by atoms with E-state index in [-0.39, 0.29) is 19.1 Å². The normalized spacial score (nSPS) is 30.4. The highest BCUT2D eigenvalue weighted by atomic mass is 16.6. The highest BCUT2D eigenvalue weighted by Gasteiger charge is 2.48. The molecule has 4 aliphatic rings. The molecule has 0 aliphatic carbocycles. The number of urea groups is 1. The largest absolute Gasteiger partial charge is 0.450 e. The zero-order valence-electron chi connectivity index (χ0n) is 17.0. The van der Waals surface area contributed by atoms with E-state index in [0.29, 0.717) is 24.7 Å². The minimum Gasteiger partial charge on any atom is -0.450 e. The Morgan fingerprint density at radius 1 is 1.17 bits per heavy atom. The monoisotopic (exact) mass is 400 g/mol. The maximum atomic E-state index is 12.3. The quantitative estimate of drug-likeness (QED) is 0.797. The van der Waals surface area contributed by atoms with Gasteiger partial charge in [0.1, 0.15) is 0 Å². The molecule has 3 amide bonds. The molecule has 3 fully saturated rings. The second-order valence-corrected chi connectivity index (χ2v) is 8.86. The van der Waals surface area contributed by atoms with Crippen LogP contribution in [0.1, 0.15) is 52.4 Å². The molecule has 29 heavy (non-hydrogen) atoms. The number of likely N-dealkylation sites (tertiary alicyclic amines) is 1. The van der Waals surface area contributed by atoms with E-state index in [4.69, 9.17) is 4.74 Å². The van der Waals surface area contributed by atoms with Crippen LogP contribution >= 0.6 is 0 Å². The Morgan fingerprint density at radius 3 is 2.55 bits per heavy atom. The second kappa shape index (κ2) is 7.20. The number of piperidine rings is 2. The number of nitrogens with one attached hydrogen (secondary N) is 2. The molecule has 2 unspecified atom stereocenters. The molecule has 1 aromatic carbocycles. The summed E-state index contributed by atoms with van der Waals surface area (Å²) in [7, 11) is 0. The molecule has 0 radical (unpaired) electrons. The van der Waals surface area contributed by atoms with Crippen molar-refractivity contribution in [3.63, 3.8) is 0 Å². The van der Waals surface area contributed by atoms with Gasteiger partial charge in [-0.1, -0.05) is 18.2 Å². The van der Waals surface area contributed by atoms with E-state index in [1.165, 1.54) is 5.56 Å². The number of ether oxygens (including phenoxy) is 1. The van der Waals surface area contributed by atoms with E-state index >= 15 is 0 Å². The van der Waals surface area contributed by atoms with Gasteiger partial charge < -0.3 is 25.2 Å². The van der Waals surface area contributed by atoms with Crippen molar-refractivity contribution in [3.8, 4) is 0 Å². The number of hydrogen-bond donors (Lipinski definition) is 2. The molecule has 3 saturated heterocycles. The molecule has 0 saturated carbocycles. The van der Waals surface area contributed by atoms with Crippen LogP contribution in [0.15, 0.2) is 24.3 Å². The maximum absolute atomic E-state index is 12.3. The average Bonchev–Trinajstić information content (AvgIpc) is 2.98. The molecule has 4 heterocycles. The number of rotatable bonds is 2. The fourth-order valence-electron chi connectivity index (χ4n) is 6.06. The van der Waals surface area contributed by atoms with Gasteiger partial charge in [-0.15, -0.1) is 0 Å². The third-order valence-electron chi connectivity index (χ3n) is 7.40. The third-order valence-corrected chi connectivity index (χ3v) is 7.40. The number of benzene rings is 1. The van der Waals surface area contributed by atoms with Gasteiger partial charge in [-0.2, -0.15) is 0 Å². The molecule has 2 bridgehead atoms. The fraction of sp³-hybridized carbons (Fsp3) is 0.636. The Labute approximate surface area is 173 Å². The van der Waals surface area contributed by atoms with E-state index in [1.807, 2.05) is 24.0 Å². The number of amides is 3. The summed E-state index contributed by atoms with van der Waals surface area (Å²) in [6, 6.07) is 9.19. The number of hydrogen-bond acceptors (Lipinski definition) is 4. The first-order valence-corrected chi connectivity index (χ1v) is 11.0. The molecule has 7 heteroatoms. The van der Waals surface area contributed by atoms with Gasteiger partial charge in [0.05, 0.1) is 12.1 Å². The van der Waals surface area contributed by atoms with Gasteiger partial charge in [-0.05, 0) is 51.5 Å². The van der Waals surface area contributed by atoms with Crippen LogP contribution in [-0.2, 0) is 10.3 Å². The van der Waals surface area contributed by atoms with Crippen molar-refractivity contribution < 1.29 is 15.8 Å². The first-order valence-electron chi connectivity index (χ1n) is 11.0. The number of carbonyl (C=O) groups excluding carboxylic acids is 2. The molecule has 2 atom stereocenters. The number of fused-ring (bicyclic) bond motifs is 4. The van der Waals surface area contributed by atoms with Gasteiger partial charge in [-0.3, -0.25) is 0 Å². The smallest absolute Gasteiger partial charge is 0.410 e. The molecule has 158 valence electrons. The van der Waals surface area contributed by atoms with Gasteiger partial charge in [0.2, 0.25) is 0 Å². The lowest BCUT2D eigenvalue weighted by Gasteiger charge is -2.49. The Bertz CT molecular complexity index is 797. The minimum atomic E-state index is -0.264.